The summed E-state index contributed by atoms with van der Waals surface area (Å²) in [6.45, 7) is 3.83. The molecule has 0 radical (unpaired) electrons. The summed E-state index contributed by atoms with van der Waals surface area (Å²) in [5.74, 6) is -1.48. The molecule has 0 spiro atoms. The van der Waals surface area contributed by atoms with Crippen LogP contribution in [0.15, 0.2) is 57.0 Å². The second-order valence-corrected chi connectivity index (χ2v) is 9.46. The van der Waals surface area contributed by atoms with Crippen LogP contribution < -0.4 is 21.9 Å². The molecule has 2 atom stereocenters. The minimum atomic E-state index is -1.13. The summed E-state index contributed by atoms with van der Waals surface area (Å²) in [4.78, 5) is 57.8. The number of benzene rings is 2. The molecule has 2 aromatic carbocycles. The summed E-state index contributed by atoms with van der Waals surface area (Å²) in [5.41, 5.74) is 1.01. The van der Waals surface area contributed by atoms with Crippen molar-refractivity contribution in [1.82, 2.24) is 15.3 Å². The van der Waals surface area contributed by atoms with E-state index in [1.54, 1.807) is 6.07 Å². The maximum Gasteiger partial charge on any atom is 0.328 e. The molecule has 36 heavy (non-hydrogen) atoms. The van der Waals surface area contributed by atoms with Gasteiger partial charge in [0, 0.05) is 12.1 Å². The minimum Gasteiger partial charge on any atom is -0.508 e. The molecule has 0 aliphatic carbocycles. The van der Waals surface area contributed by atoms with E-state index in [-0.39, 0.29) is 28.8 Å². The average Bonchev–Trinajstić information content (AvgIpc) is 3.13. The van der Waals surface area contributed by atoms with Crippen LogP contribution in [0, 0.1) is 13.8 Å². The van der Waals surface area contributed by atoms with Crippen LogP contribution in [0.4, 0.5) is 5.69 Å². The number of amides is 2. The Labute approximate surface area is 208 Å². The van der Waals surface area contributed by atoms with Crippen molar-refractivity contribution in [1.29, 1.82) is 0 Å². The van der Waals surface area contributed by atoms with Crippen molar-refractivity contribution >= 4 is 34.4 Å². The number of nitrogens with one attached hydrogen (secondary N) is 4. The van der Waals surface area contributed by atoms with Crippen LogP contribution >= 0.6 is 11.8 Å². The summed E-state index contributed by atoms with van der Waals surface area (Å²) >= 11 is 1.01. The summed E-state index contributed by atoms with van der Waals surface area (Å²) in [6.07, 6.45) is -0.114. The minimum absolute atomic E-state index is 0.0248. The van der Waals surface area contributed by atoms with Crippen LogP contribution in [0.1, 0.15) is 34.7 Å². The summed E-state index contributed by atoms with van der Waals surface area (Å²) < 4.78 is 0. The van der Waals surface area contributed by atoms with Crippen LogP contribution in [0.5, 0.6) is 11.6 Å². The van der Waals surface area contributed by atoms with Crippen LogP contribution in [0.25, 0.3) is 0 Å². The third kappa shape index (κ3) is 5.49. The quantitative estimate of drug-likeness (QED) is 0.293. The van der Waals surface area contributed by atoms with Crippen molar-refractivity contribution in [2.24, 2.45) is 4.99 Å². The average molecular weight is 510 g/mol. The highest BCUT2D eigenvalue weighted by molar-refractivity contribution is 8.15. The topological polar surface area (TPSA) is 177 Å². The number of rotatable bonds is 6. The van der Waals surface area contributed by atoms with E-state index in [4.69, 9.17) is 0 Å². The number of aliphatic imine (C=N–C) groups is 1. The van der Waals surface area contributed by atoms with E-state index < -0.39 is 34.3 Å². The fraction of sp³-hybridized carbons (Fsp3) is 0.208. The Morgan fingerprint density at radius 3 is 2.47 bits per heavy atom. The molecule has 1 aromatic heterocycles. The number of anilines is 1. The number of thioether (sulfide) groups is 1. The largest absolute Gasteiger partial charge is 0.508 e. The van der Waals surface area contributed by atoms with E-state index in [9.17, 15) is 29.4 Å². The lowest BCUT2D eigenvalue weighted by Gasteiger charge is -2.14. The standard InChI is InChI=1S/C24H23N5O6S/c1-11-3-8-15(12(2)9-11)25-17(31)10-16-20(32)29-24(36-16)26-19(13-4-6-14(30)7-5-13)18-21(33)27-23(35)28-22(18)34/h3-9,16,19,30H,10H2,1-2H3,(H,25,31)(H,26,29,32)(H3,27,28,33,34,35). The van der Waals surface area contributed by atoms with E-state index in [0.717, 1.165) is 22.9 Å². The van der Waals surface area contributed by atoms with E-state index in [0.29, 0.717) is 11.3 Å². The molecule has 186 valence electrons. The first-order chi connectivity index (χ1) is 17.1. The number of hydrogen-bond acceptors (Lipinski definition) is 8. The molecule has 4 rings (SSSR count). The molecule has 1 aliphatic rings. The van der Waals surface area contributed by atoms with Gasteiger partial charge in [-0.25, -0.2) is 9.79 Å². The van der Waals surface area contributed by atoms with Crippen LogP contribution in [0.3, 0.4) is 0 Å². The van der Waals surface area contributed by atoms with Gasteiger partial charge in [0.25, 0.3) is 5.56 Å². The highest BCUT2D eigenvalue weighted by Gasteiger charge is 2.34. The lowest BCUT2D eigenvalue weighted by atomic mass is 10.0. The molecule has 2 amide bonds. The fourth-order valence-electron chi connectivity index (χ4n) is 3.74. The Bertz CT molecular complexity index is 1480. The van der Waals surface area contributed by atoms with Crippen molar-refractivity contribution < 1.29 is 19.8 Å². The highest BCUT2D eigenvalue weighted by atomic mass is 32.2. The number of phenols is 1. The first-order valence-corrected chi connectivity index (χ1v) is 11.8. The van der Waals surface area contributed by atoms with Gasteiger partial charge in [-0.2, -0.15) is 0 Å². The first-order valence-electron chi connectivity index (χ1n) is 10.9. The zero-order chi connectivity index (χ0) is 26.0. The molecule has 0 saturated carbocycles. The molecular formula is C24H23N5O6S. The highest BCUT2D eigenvalue weighted by Crippen LogP contribution is 2.32. The van der Waals surface area contributed by atoms with Gasteiger partial charge in [-0.1, -0.05) is 41.6 Å². The number of amidine groups is 1. The second kappa shape index (κ2) is 10.1. The number of aryl methyl sites for hydroxylation is 2. The van der Waals surface area contributed by atoms with Crippen molar-refractivity contribution in [2.45, 2.75) is 31.6 Å². The maximum absolute atomic E-state index is 12.6. The molecule has 1 fully saturated rings. The van der Waals surface area contributed by atoms with Gasteiger partial charge in [0.15, 0.2) is 5.17 Å². The number of carbonyl (C=O) groups excluding carboxylic acids is 2. The molecular weight excluding hydrogens is 486 g/mol. The number of phenolic OH excluding ortho intramolecular Hbond substituents is 1. The summed E-state index contributed by atoms with van der Waals surface area (Å²) in [5, 5.41) is 24.7. The number of aromatic nitrogens is 2. The van der Waals surface area contributed by atoms with Gasteiger partial charge in [0.1, 0.15) is 22.6 Å². The molecule has 0 bridgehead atoms. The number of aromatic amines is 2. The predicted molar refractivity (Wildman–Crippen MR) is 135 cm³/mol. The van der Waals surface area contributed by atoms with Gasteiger partial charge in [0.2, 0.25) is 17.7 Å². The molecule has 2 heterocycles. The maximum atomic E-state index is 12.6. The fourth-order valence-corrected chi connectivity index (χ4v) is 4.74. The van der Waals surface area contributed by atoms with Crippen molar-refractivity contribution in [3.63, 3.8) is 0 Å². The zero-order valence-corrected chi connectivity index (χ0v) is 20.1. The SMILES string of the molecule is Cc1ccc(NC(=O)CC2SC(=NC(c3ccc(O)cc3)c3c(O)[nH]c(=O)[nH]c3=O)NC2=O)c(C)c1. The van der Waals surface area contributed by atoms with E-state index in [1.807, 2.05) is 31.0 Å². The van der Waals surface area contributed by atoms with Crippen LogP contribution in [0.2, 0.25) is 0 Å². The molecule has 1 aliphatic heterocycles. The number of hydrogen-bond donors (Lipinski definition) is 6. The molecule has 12 heteroatoms. The Kier molecular flexibility index (Phi) is 6.97. The zero-order valence-electron chi connectivity index (χ0n) is 19.3. The monoisotopic (exact) mass is 509 g/mol. The van der Waals surface area contributed by atoms with Gasteiger partial charge < -0.3 is 20.8 Å². The van der Waals surface area contributed by atoms with Crippen molar-refractivity contribution in [2.75, 3.05) is 5.32 Å². The van der Waals surface area contributed by atoms with Gasteiger partial charge in [-0.05, 0) is 43.2 Å². The molecule has 3 aromatic rings. The Morgan fingerprint density at radius 1 is 1.08 bits per heavy atom. The van der Waals surface area contributed by atoms with Gasteiger partial charge in [0.05, 0.1) is 0 Å². The van der Waals surface area contributed by atoms with Gasteiger partial charge in [-0.15, -0.1) is 0 Å². The predicted octanol–water partition coefficient (Wildman–Crippen LogP) is 1.80. The Hall–Kier alpha value is -4.32. The number of carbonyl (C=O) groups is 2. The van der Waals surface area contributed by atoms with Crippen LogP contribution in [-0.4, -0.2) is 42.4 Å². The van der Waals surface area contributed by atoms with Crippen molar-refractivity contribution in [3.05, 3.63) is 85.6 Å². The molecule has 6 N–H and O–H groups in total. The summed E-state index contributed by atoms with van der Waals surface area (Å²) in [6, 6.07) is 10.2. The Morgan fingerprint density at radius 2 is 1.81 bits per heavy atom. The lowest BCUT2D eigenvalue weighted by Crippen LogP contribution is -2.29. The van der Waals surface area contributed by atoms with Crippen LogP contribution in [-0.2, 0) is 9.59 Å². The number of H-pyrrole nitrogens is 2. The summed E-state index contributed by atoms with van der Waals surface area (Å²) in [7, 11) is 0. The lowest BCUT2D eigenvalue weighted by molar-refractivity contribution is -0.122. The van der Waals surface area contributed by atoms with Gasteiger partial charge in [-0.3, -0.25) is 24.4 Å². The van der Waals surface area contributed by atoms with E-state index >= 15 is 0 Å². The molecule has 11 nitrogen and oxygen atoms in total. The first kappa shape index (κ1) is 24.8. The normalized spacial score (nSPS) is 17.1. The Balaban J connectivity index is 1.58. The van der Waals surface area contributed by atoms with E-state index in [2.05, 4.69) is 20.6 Å². The molecule has 1 saturated heterocycles. The molecule has 2 unspecified atom stereocenters. The second-order valence-electron chi connectivity index (χ2n) is 8.27. The van der Waals surface area contributed by atoms with Crippen molar-refractivity contribution in [3.8, 4) is 11.6 Å². The number of aromatic hydroxyl groups is 2. The van der Waals surface area contributed by atoms with Gasteiger partial charge >= 0.3 is 5.69 Å². The van der Waals surface area contributed by atoms with E-state index in [1.165, 1.54) is 24.3 Å². The third-order valence-corrected chi connectivity index (χ3v) is 6.59. The smallest absolute Gasteiger partial charge is 0.328 e. The number of nitrogens with zero attached hydrogens (tertiary/aromatic N) is 1. The third-order valence-electron chi connectivity index (χ3n) is 5.49.